The maximum atomic E-state index is 2.33. The molecule has 0 bridgehead atoms. The van der Waals surface area contributed by atoms with Gasteiger partial charge in [0.25, 0.3) is 0 Å². The van der Waals surface area contributed by atoms with Gasteiger partial charge in [-0.1, -0.05) is 37.6 Å². The highest BCUT2D eigenvalue weighted by molar-refractivity contribution is 5.21. The van der Waals surface area contributed by atoms with Crippen LogP contribution in [0.3, 0.4) is 0 Å². The molecule has 0 fully saturated rings. The second kappa shape index (κ2) is 4.35. The molecule has 0 aliphatic heterocycles. The fourth-order valence-corrected chi connectivity index (χ4v) is 1.24. The highest BCUT2D eigenvalue weighted by Gasteiger charge is 2.10. The van der Waals surface area contributed by atoms with Crippen LogP contribution >= 0.6 is 0 Å². The van der Waals surface area contributed by atoms with E-state index in [4.69, 9.17) is 0 Å². The first-order valence-corrected chi connectivity index (χ1v) is 4.05. The Balaban J connectivity index is 0.000001000. The average Bonchev–Trinajstić information content (AvgIpc) is 1.88. The predicted octanol–water partition coefficient (Wildman–Crippen LogP) is 2.34. The number of allylic oxidation sites excluding steroid dienone is 4. The lowest BCUT2D eigenvalue weighted by Gasteiger charge is -2.17. The van der Waals surface area contributed by atoms with Gasteiger partial charge in [0.1, 0.15) is 0 Å². The van der Waals surface area contributed by atoms with Crippen LogP contribution in [0.25, 0.3) is 0 Å². The van der Waals surface area contributed by atoms with Gasteiger partial charge in [-0.2, -0.15) is 0 Å². The Labute approximate surface area is 69.1 Å². The highest BCUT2D eigenvalue weighted by atomic mass is 16.0. The van der Waals surface area contributed by atoms with Crippen LogP contribution in [0.2, 0.25) is 0 Å². The molecular formula is C10H18O. The molecule has 0 aromatic heterocycles. The first kappa shape index (κ1) is 10.4. The molecule has 0 heterocycles. The lowest BCUT2D eigenvalue weighted by atomic mass is 9.88. The van der Waals surface area contributed by atoms with Crippen molar-refractivity contribution in [3.63, 3.8) is 0 Å². The van der Waals surface area contributed by atoms with E-state index in [1.165, 1.54) is 12.0 Å². The summed E-state index contributed by atoms with van der Waals surface area (Å²) in [4.78, 5) is 0. The summed E-state index contributed by atoms with van der Waals surface area (Å²) in [7, 11) is 0. The molecule has 64 valence electrons. The Hall–Kier alpha value is -0.560. The van der Waals surface area contributed by atoms with Crippen molar-refractivity contribution in [2.45, 2.75) is 27.2 Å². The van der Waals surface area contributed by atoms with E-state index >= 15 is 0 Å². The lowest BCUT2D eigenvalue weighted by molar-refractivity contribution is 0.466. The molecule has 0 saturated carbocycles. The summed E-state index contributed by atoms with van der Waals surface area (Å²) in [6.45, 7) is 6.72. The van der Waals surface area contributed by atoms with Crippen LogP contribution in [0, 0.1) is 11.8 Å². The number of rotatable bonds is 1. The van der Waals surface area contributed by atoms with E-state index in [1.807, 2.05) is 0 Å². The predicted molar refractivity (Wildman–Crippen MR) is 49.5 cm³/mol. The highest BCUT2D eigenvalue weighted by Crippen LogP contribution is 2.22. The van der Waals surface area contributed by atoms with Crippen LogP contribution in [-0.2, 0) is 0 Å². The molecular weight excluding hydrogens is 136 g/mol. The van der Waals surface area contributed by atoms with Gasteiger partial charge >= 0.3 is 0 Å². The number of hydrogen-bond donors (Lipinski definition) is 0. The normalized spacial score (nSPS) is 22.9. The molecule has 0 saturated heterocycles. The second-order valence-electron chi connectivity index (χ2n) is 3.45. The van der Waals surface area contributed by atoms with E-state index in [2.05, 4.69) is 39.0 Å². The van der Waals surface area contributed by atoms with Crippen molar-refractivity contribution in [1.82, 2.24) is 0 Å². The molecule has 1 rings (SSSR count). The van der Waals surface area contributed by atoms with Gasteiger partial charge in [0, 0.05) is 0 Å². The molecule has 1 aliphatic carbocycles. The largest absolute Gasteiger partial charge is 0.412 e. The maximum absolute atomic E-state index is 2.33. The molecule has 1 nitrogen and oxygen atoms in total. The lowest BCUT2D eigenvalue weighted by Crippen LogP contribution is -2.06. The zero-order chi connectivity index (χ0) is 7.56. The minimum Gasteiger partial charge on any atom is -0.412 e. The molecule has 0 amide bonds. The molecule has 0 aromatic rings. The first-order valence-electron chi connectivity index (χ1n) is 4.05. The van der Waals surface area contributed by atoms with Crippen LogP contribution < -0.4 is 0 Å². The second-order valence-corrected chi connectivity index (χ2v) is 3.45. The topological polar surface area (TPSA) is 31.5 Å². The van der Waals surface area contributed by atoms with E-state index in [0.717, 1.165) is 11.8 Å². The molecule has 1 heteroatoms. The van der Waals surface area contributed by atoms with Crippen molar-refractivity contribution in [2.75, 3.05) is 0 Å². The van der Waals surface area contributed by atoms with Crippen LogP contribution in [0.5, 0.6) is 0 Å². The summed E-state index contributed by atoms with van der Waals surface area (Å²) in [6.07, 6.45) is 8.12. The summed E-state index contributed by atoms with van der Waals surface area (Å²) in [5, 5.41) is 0. The quantitative estimate of drug-likeness (QED) is 0.555. The minimum atomic E-state index is 0. The standard InChI is InChI=1S/C10H16.H2O/c1-8(2)10-6-4-9(3)5-7-10;/h4-6,8,10H,7H2,1-3H3;1H2. The molecule has 11 heavy (non-hydrogen) atoms. The van der Waals surface area contributed by atoms with E-state index < -0.39 is 0 Å². The fraction of sp³-hybridized carbons (Fsp3) is 0.600. The monoisotopic (exact) mass is 154 g/mol. The van der Waals surface area contributed by atoms with Gasteiger partial charge in [-0.15, -0.1) is 0 Å². The molecule has 1 unspecified atom stereocenters. The summed E-state index contributed by atoms with van der Waals surface area (Å²) in [6, 6.07) is 0. The van der Waals surface area contributed by atoms with Gasteiger partial charge in [0.15, 0.2) is 0 Å². The molecule has 1 aliphatic rings. The van der Waals surface area contributed by atoms with Gasteiger partial charge in [-0.3, -0.25) is 0 Å². The van der Waals surface area contributed by atoms with Gasteiger partial charge in [-0.25, -0.2) is 0 Å². The zero-order valence-electron chi connectivity index (χ0n) is 7.59. The van der Waals surface area contributed by atoms with Crippen molar-refractivity contribution < 1.29 is 5.48 Å². The third-order valence-corrected chi connectivity index (χ3v) is 2.17. The van der Waals surface area contributed by atoms with Crippen molar-refractivity contribution >= 4 is 0 Å². The third kappa shape index (κ3) is 2.89. The first-order chi connectivity index (χ1) is 4.70. The van der Waals surface area contributed by atoms with Crippen molar-refractivity contribution in [2.24, 2.45) is 11.8 Å². The van der Waals surface area contributed by atoms with Gasteiger partial charge in [0.2, 0.25) is 0 Å². The zero-order valence-corrected chi connectivity index (χ0v) is 7.59. The fourth-order valence-electron chi connectivity index (χ4n) is 1.24. The van der Waals surface area contributed by atoms with Crippen LogP contribution in [0.1, 0.15) is 27.2 Å². The average molecular weight is 154 g/mol. The van der Waals surface area contributed by atoms with E-state index in [1.54, 1.807) is 0 Å². The van der Waals surface area contributed by atoms with E-state index in [-0.39, 0.29) is 5.48 Å². The van der Waals surface area contributed by atoms with Gasteiger partial charge in [0.05, 0.1) is 0 Å². The SMILES string of the molecule is CC1=CCC(C(C)C)C=C1.O. The maximum Gasteiger partial charge on any atom is -0.0172 e. The van der Waals surface area contributed by atoms with Crippen LogP contribution in [0.4, 0.5) is 0 Å². The van der Waals surface area contributed by atoms with Crippen molar-refractivity contribution in [3.8, 4) is 0 Å². The van der Waals surface area contributed by atoms with Crippen LogP contribution in [0.15, 0.2) is 23.8 Å². The minimum absolute atomic E-state index is 0. The Bertz CT molecular complexity index is 166. The Morgan fingerprint density at radius 3 is 2.45 bits per heavy atom. The Kier molecular flexibility index (Phi) is 4.12. The smallest absolute Gasteiger partial charge is 0.0172 e. The number of hydrogen-bond acceptors (Lipinski definition) is 0. The van der Waals surface area contributed by atoms with Crippen molar-refractivity contribution in [1.29, 1.82) is 0 Å². The van der Waals surface area contributed by atoms with E-state index in [0.29, 0.717) is 0 Å². The van der Waals surface area contributed by atoms with E-state index in [9.17, 15) is 0 Å². The summed E-state index contributed by atoms with van der Waals surface area (Å²) < 4.78 is 0. The summed E-state index contributed by atoms with van der Waals surface area (Å²) in [5.41, 5.74) is 1.41. The molecule has 0 radical (unpaired) electrons. The summed E-state index contributed by atoms with van der Waals surface area (Å²) >= 11 is 0. The molecule has 1 atom stereocenters. The van der Waals surface area contributed by atoms with Crippen LogP contribution in [-0.4, -0.2) is 5.48 Å². The molecule has 0 spiro atoms. The molecule has 0 aromatic carbocycles. The summed E-state index contributed by atoms with van der Waals surface area (Å²) in [5.74, 6) is 1.57. The Morgan fingerprint density at radius 2 is 2.09 bits per heavy atom. The van der Waals surface area contributed by atoms with Gasteiger partial charge < -0.3 is 5.48 Å². The Morgan fingerprint density at radius 1 is 1.45 bits per heavy atom. The van der Waals surface area contributed by atoms with Crippen molar-refractivity contribution in [3.05, 3.63) is 23.8 Å². The third-order valence-electron chi connectivity index (χ3n) is 2.17. The van der Waals surface area contributed by atoms with Gasteiger partial charge in [-0.05, 0) is 25.2 Å². The molecule has 2 N–H and O–H groups in total.